The lowest BCUT2D eigenvalue weighted by Crippen LogP contribution is -2.15. The van der Waals surface area contributed by atoms with Crippen molar-refractivity contribution in [2.45, 2.75) is 31.7 Å². The lowest BCUT2D eigenvalue weighted by Gasteiger charge is -2.13. The summed E-state index contributed by atoms with van der Waals surface area (Å²) >= 11 is 3.35. The lowest BCUT2D eigenvalue weighted by molar-refractivity contribution is 0.102. The van der Waals surface area contributed by atoms with Gasteiger partial charge in [0.15, 0.2) is 0 Å². The molecule has 114 valence electrons. The van der Waals surface area contributed by atoms with E-state index in [0.29, 0.717) is 17.4 Å². The molecule has 2 N–H and O–H groups in total. The number of aromatic nitrogens is 1. The molecule has 5 heteroatoms. The Hall–Kier alpha value is -1.88. The third-order valence-electron chi connectivity index (χ3n) is 3.84. The molecule has 4 nitrogen and oxygen atoms in total. The van der Waals surface area contributed by atoms with Gasteiger partial charge in [-0.3, -0.25) is 4.79 Å². The minimum Gasteiger partial charge on any atom is -0.381 e. The topological polar surface area (TPSA) is 54.0 Å². The maximum Gasteiger partial charge on any atom is 0.256 e. The molecular weight excluding hydrogens is 342 g/mol. The largest absolute Gasteiger partial charge is 0.381 e. The SMILES string of the molecule is O=C(Nc1ccc(NC2CCCC2)cn1)c1ccc(Br)cc1. The van der Waals surface area contributed by atoms with Crippen LogP contribution in [0.1, 0.15) is 36.0 Å². The van der Waals surface area contributed by atoms with E-state index in [0.717, 1.165) is 10.2 Å². The quantitative estimate of drug-likeness (QED) is 0.847. The molecule has 0 bridgehead atoms. The van der Waals surface area contributed by atoms with Crippen molar-refractivity contribution in [2.24, 2.45) is 0 Å². The van der Waals surface area contributed by atoms with Crippen LogP contribution in [0.5, 0.6) is 0 Å². The molecule has 1 aliphatic rings. The van der Waals surface area contributed by atoms with Crippen LogP contribution in [-0.2, 0) is 0 Å². The van der Waals surface area contributed by atoms with E-state index in [1.165, 1.54) is 25.7 Å². The number of pyridine rings is 1. The predicted octanol–water partition coefficient (Wildman–Crippen LogP) is 4.45. The highest BCUT2D eigenvalue weighted by molar-refractivity contribution is 9.10. The van der Waals surface area contributed by atoms with Gasteiger partial charge < -0.3 is 10.6 Å². The molecule has 0 saturated heterocycles. The highest BCUT2D eigenvalue weighted by atomic mass is 79.9. The van der Waals surface area contributed by atoms with Crippen molar-refractivity contribution in [3.63, 3.8) is 0 Å². The maximum absolute atomic E-state index is 12.1. The first-order valence-corrected chi connectivity index (χ1v) is 8.29. The standard InChI is InChI=1S/C17H18BrN3O/c18-13-7-5-12(6-8-13)17(22)21-16-10-9-15(11-19-16)20-14-3-1-2-4-14/h5-11,14,20H,1-4H2,(H,19,21,22). The number of carbonyl (C=O) groups is 1. The normalized spacial score (nSPS) is 14.8. The molecule has 0 spiro atoms. The number of anilines is 2. The second-order valence-corrected chi connectivity index (χ2v) is 6.43. The zero-order valence-electron chi connectivity index (χ0n) is 12.2. The third-order valence-corrected chi connectivity index (χ3v) is 4.37. The second kappa shape index (κ2) is 6.92. The first kappa shape index (κ1) is 15.0. The van der Waals surface area contributed by atoms with Gasteiger partial charge in [0.05, 0.1) is 11.9 Å². The number of nitrogens with zero attached hydrogens (tertiary/aromatic N) is 1. The fourth-order valence-electron chi connectivity index (χ4n) is 2.65. The number of amides is 1. The number of hydrogen-bond donors (Lipinski definition) is 2. The molecule has 22 heavy (non-hydrogen) atoms. The van der Waals surface area contributed by atoms with E-state index >= 15 is 0 Å². The Bertz CT molecular complexity index is 634. The van der Waals surface area contributed by atoms with Gasteiger partial charge in [0.1, 0.15) is 5.82 Å². The molecule has 0 aliphatic heterocycles. The molecule has 1 aromatic heterocycles. The summed E-state index contributed by atoms with van der Waals surface area (Å²) in [6.07, 6.45) is 6.82. The van der Waals surface area contributed by atoms with Gasteiger partial charge in [0.25, 0.3) is 5.91 Å². The second-order valence-electron chi connectivity index (χ2n) is 5.52. The summed E-state index contributed by atoms with van der Waals surface area (Å²) in [5, 5.41) is 6.28. The molecule has 1 amide bonds. The van der Waals surface area contributed by atoms with E-state index in [1.807, 2.05) is 24.3 Å². The summed E-state index contributed by atoms with van der Waals surface area (Å²) in [5.74, 6) is 0.404. The Balaban J connectivity index is 1.60. The average molecular weight is 360 g/mol. The van der Waals surface area contributed by atoms with E-state index in [4.69, 9.17) is 0 Å². The first-order chi connectivity index (χ1) is 10.7. The Kier molecular flexibility index (Phi) is 4.73. The summed E-state index contributed by atoms with van der Waals surface area (Å²) in [5.41, 5.74) is 1.62. The van der Waals surface area contributed by atoms with Gasteiger partial charge in [-0.2, -0.15) is 0 Å². The predicted molar refractivity (Wildman–Crippen MR) is 92.2 cm³/mol. The first-order valence-electron chi connectivity index (χ1n) is 7.50. The summed E-state index contributed by atoms with van der Waals surface area (Å²) in [7, 11) is 0. The summed E-state index contributed by atoms with van der Waals surface area (Å²) in [4.78, 5) is 16.4. The third kappa shape index (κ3) is 3.85. The summed E-state index contributed by atoms with van der Waals surface area (Å²) in [6.45, 7) is 0. The fraction of sp³-hybridized carbons (Fsp3) is 0.294. The van der Waals surface area contributed by atoms with Gasteiger partial charge in [-0.05, 0) is 49.2 Å². The van der Waals surface area contributed by atoms with Gasteiger partial charge in [-0.15, -0.1) is 0 Å². The van der Waals surface area contributed by atoms with Crippen LogP contribution in [-0.4, -0.2) is 16.9 Å². The van der Waals surface area contributed by atoms with Crippen LogP contribution < -0.4 is 10.6 Å². The molecule has 1 heterocycles. The minimum absolute atomic E-state index is 0.156. The van der Waals surface area contributed by atoms with Gasteiger partial charge in [0, 0.05) is 16.1 Å². The molecule has 3 rings (SSSR count). The highest BCUT2D eigenvalue weighted by Gasteiger charge is 2.14. The van der Waals surface area contributed by atoms with Crippen molar-refractivity contribution in [3.05, 3.63) is 52.6 Å². The van der Waals surface area contributed by atoms with Crippen molar-refractivity contribution in [2.75, 3.05) is 10.6 Å². The van der Waals surface area contributed by atoms with E-state index in [1.54, 1.807) is 18.3 Å². The molecule has 1 aliphatic carbocycles. The Morgan fingerprint density at radius 1 is 1.09 bits per heavy atom. The van der Waals surface area contributed by atoms with Crippen LogP contribution in [0.3, 0.4) is 0 Å². The highest BCUT2D eigenvalue weighted by Crippen LogP contribution is 2.22. The average Bonchev–Trinajstić information content (AvgIpc) is 3.03. The van der Waals surface area contributed by atoms with E-state index in [2.05, 4.69) is 31.5 Å². The lowest BCUT2D eigenvalue weighted by atomic mass is 10.2. The van der Waals surface area contributed by atoms with Crippen molar-refractivity contribution in [3.8, 4) is 0 Å². The number of hydrogen-bond acceptors (Lipinski definition) is 3. The molecular formula is C17H18BrN3O. The Morgan fingerprint density at radius 3 is 2.45 bits per heavy atom. The molecule has 0 unspecified atom stereocenters. The smallest absolute Gasteiger partial charge is 0.256 e. The van der Waals surface area contributed by atoms with Crippen LogP contribution in [0.15, 0.2) is 47.1 Å². The van der Waals surface area contributed by atoms with Crippen LogP contribution in [0, 0.1) is 0 Å². The van der Waals surface area contributed by atoms with E-state index in [9.17, 15) is 4.79 Å². The summed E-state index contributed by atoms with van der Waals surface area (Å²) < 4.78 is 0.949. The van der Waals surface area contributed by atoms with Crippen molar-refractivity contribution < 1.29 is 4.79 Å². The van der Waals surface area contributed by atoms with Gasteiger partial charge >= 0.3 is 0 Å². The monoisotopic (exact) mass is 359 g/mol. The molecule has 1 saturated carbocycles. The minimum atomic E-state index is -0.156. The van der Waals surface area contributed by atoms with Gasteiger partial charge in [-0.25, -0.2) is 4.98 Å². The van der Waals surface area contributed by atoms with Crippen LogP contribution in [0.2, 0.25) is 0 Å². The number of benzene rings is 1. The van der Waals surface area contributed by atoms with E-state index in [-0.39, 0.29) is 5.91 Å². The zero-order chi connectivity index (χ0) is 15.4. The molecule has 0 atom stereocenters. The molecule has 2 aromatic rings. The maximum atomic E-state index is 12.1. The van der Waals surface area contributed by atoms with Gasteiger partial charge in [-0.1, -0.05) is 28.8 Å². The summed E-state index contributed by atoms with van der Waals surface area (Å²) in [6, 6.07) is 11.6. The van der Waals surface area contributed by atoms with Crippen molar-refractivity contribution in [1.29, 1.82) is 0 Å². The van der Waals surface area contributed by atoms with Gasteiger partial charge in [0.2, 0.25) is 0 Å². The van der Waals surface area contributed by atoms with Crippen LogP contribution >= 0.6 is 15.9 Å². The molecule has 0 radical (unpaired) electrons. The van der Waals surface area contributed by atoms with Crippen LogP contribution in [0.25, 0.3) is 0 Å². The number of halogens is 1. The molecule has 1 fully saturated rings. The van der Waals surface area contributed by atoms with E-state index < -0.39 is 0 Å². The molecule has 1 aromatic carbocycles. The fourth-order valence-corrected chi connectivity index (χ4v) is 2.91. The number of nitrogens with one attached hydrogen (secondary N) is 2. The zero-order valence-corrected chi connectivity index (χ0v) is 13.8. The van der Waals surface area contributed by atoms with Crippen molar-refractivity contribution in [1.82, 2.24) is 4.98 Å². The number of rotatable bonds is 4. The van der Waals surface area contributed by atoms with Crippen molar-refractivity contribution >= 4 is 33.3 Å². The number of carbonyl (C=O) groups excluding carboxylic acids is 1. The van der Waals surface area contributed by atoms with Crippen LogP contribution in [0.4, 0.5) is 11.5 Å². The Labute approximate surface area is 138 Å². The Morgan fingerprint density at radius 2 is 1.82 bits per heavy atom.